The second-order valence-corrected chi connectivity index (χ2v) is 8.00. The molecule has 8 nitrogen and oxygen atoms in total. The molecule has 0 unspecified atom stereocenters. The lowest BCUT2D eigenvalue weighted by Crippen LogP contribution is -2.40. The van der Waals surface area contributed by atoms with Gasteiger partial charge in [0.05, 0.1) is 18.0 Å². The summed E-state index contributed by atoms with van der Waals surface area (Å²) in [5.74, 6) is -1.32. The van der Waals surface area contributed by atoms with Crippen LogP contribution < -0.4 is 4.74 Å². The zero-order valence-electron chi connectivity index (χ0n) is 17.8. The first-order valence-corrected chi connectivity index (χ1v) is 10.3. The topological polar surface area (TPSA) is 97.0 Å². The van der Waals surface area contributed by atoms with E-state index in [4.69, 9.17) is 4.74 Å². The highest BCUT2D eigenvalue weighted by atomic mass is 19.4. The van der Waals surface area contributed by atoms with Gasteiger partial charge in [0.25, 0.3) is 5.91 Å². The molecule has 1 atom stereocenters. The first-order valence-electron chi connectivity index (χ1n) is 10.3. The molecule has 3 heterocycles. The van der Waals surface area contributed by atoms with Gasteiger partial charge in [0.1, 0.15) is 17.4 Å². The van der Waals surface area contributed by atoms with Gasteiger partial charge in [-0.3, -0.25) is 4.79 Å². The summed E-state index contributed by atoms with van der Waals surface area (Å²) in [5.41, 5.74) is -1.18. The number of rotatable bonds is 5. The Morgan fingerprint density at radius 1 is 1.21 bits per heavy atom. The number of carbonyl (C=O) groups excluding carboxylic acids is 1. The van der Waals surface area contributed by atoms with E-state index in [1.165, 1.54) is 0 Å². The molecule has 4 rings (SSSR count). The third-order valence-electron chi connectivity index (χ3n) is 5.31. The largest absolute Gasteiger partial charge is 0.491 e. The quantitative estimate of drug-likeness (QED) is 0.618. The molecule has 3 aromatic rings. The minimum Gasteiger partial charge on any atom is -0.491 e. The molecule has 1 saturated heterocycles. The number of nitrogens with zero attached hydrogens (tertiary/aromatic N) is 4. The number of hydrogen-bond acceptors (Lipinski definition) is 5. The number of fused-ring (bicyclic) bond motifs is 1. The Morgan fingerprint density at radius 2 is 1.91 bits per heavy atom. The molecular weight excluding hydrogens is 441 g/mol. The Bertz CT molecular complexity index is 1200. The van der Waals surface area contributed by atoms with Gasteiger partial charge in [-0.15, -0.1) is 0 Å². The van der Waals surface area contributed by atoms with Gasteiger partial charge in [-0.25, -0.2) is 14.3 Å². The zero-order chi connectivity index (χ0) is 23.9. The van der Waals surface area contributed by atoms with Crippen LogP contribution in [0.3, 0.4) is 0 Å². The van der Waals surface area contributed by atoms with E-state index < -0.39 is 29.8 Å². The van der Waals surface area contributed by atoms with Gasteiger partial charge in [0.15, 0.2) is 11.3 Å². The minimum atomic E-state index is -4.76. The molecule has 0 aliphatic carbocycles. The van der Waals surface area contributed by atoms with Crippen molar-refractivity contribution in [1.82, 2.24) is 19.5 Å². The zero-order valence-corrected chi connectivity index (χ0v) is 17.8. The van der Waals surface area contributed by atoms with E-state index in [0.717, 1.165) is 17.2 Å². The molecule has 1 amide bonds. The second-order valence-electron chi connectivity index (χ2n) is 8.00. The third kappa shape index (κ3) is 4.35. The molecule has 2 aromatic heterocycles. The van der Waals surface area contributed by atoms with Crippen molar-refractivity contribution in [3.8, 4) is 17.0 Å². The average Bonchev–Trinajstić information content (AvgIpc) is 3.39. The molecular formula is C22H21F3N4O4. The fourth-order valence-electron chi connectivity index (χ4n) is 3.86. The molecule has 0 spiro atoms. The highest BCUT2D eigenvalue weighted by Crippen LogP contribution is 2.34. The number of likely N-dealkylation sites (tertiary alicyclic amines) is 1. The fourth-order valence-corrected chi connectivity index (χ4v) is 3.86. The van der Waals surface area contributed by atoms with Gasteiger partial charge in [-0.05, 0) is 57.0 Å². The predicted octanol–water partition coefficient (Wildman–Crippen LogP) is 3.89. The van der Waals surface area contributed by atoms with Crippen LogP contribution in [0.15, 0.2) is 36.5 Å². The first kappa shape index (κ1) is 22.6. The van der Waals surface area contributed by atoms with Crippen molar-refractivity contribution in [3.05, 3.63) is 47.8 Å². The van der Waals surface area contributed by atoms with Crippen molar-refractivity contribution in [1.29, 1.82) is 0 Å². The number of carbonyl (C=O) groups is 2. The normalized spacial score (nSPS) is 16.5. The first-order chi connectivity index (χ1) is 15.6. The second kappa shape index (κ2) is 8.38. The van der Waals surface area contributed by atoms with Crippen LogP contribution >= 0.6 is 0 Å². The fraction of sp³-hybridized carbons (Fsp3) is 0.364. The van der Waals surface area contributed by atoms with Gasteiger partial charge in [0.2, 0.25) is 0 Å². The predicted molar refractivity (Wildman–Crippen MR) is 111 cm³/mol. The Hall–Kier alpha value is -3.63. The van der Waals surface area contributed by atoms with Crippen molar-refractivity contribution in [3.63, 3.8) is 0 Å². The van der Waals surface area contributed by atoms with E-state index in [9.17, 15) is 27.9 Å². The molecule has 1 aromatic carbocycles. The van der Waals surface area contributed by atoms with E-state index in [1.807, 2.05) is 13.8 Å². The monoisotopic (exact) mass is 462 g/mol. The van der Waals surface area contributed by atoms with E-state index in [1.54, 1.807) is 24.3 Å². The summed E-state index contributed by atoms with van der Waals surface area (Å²) in [6.07, 6.45) is -3.07. The van der Waals surface area contributed by atoms with E-state index in [2.05, 4.69) is 10.1 Å². The van der Waals surface area contributed by atoms with Crippen LogP contribution in [0.2, 0.25) is 0 Å². The highest BCUT2D eigenvalue weighted by Gasteiger charge is 2.38. The Morgan fingerprint density at radius 3 is 2.52 bits per heavy atom. The summed E-state index contributed by atoms with van der Waals surface area (Å²) in [7, 11) is 0. The number of alkyl halides is 3. The lowest BCUT2D eigenvalue weighted by molar-refractivity contribution is -0.143. The number of aromatic nitrogens is 3. The lowest BCUT2D eigenvalue weighted by Gasteiger charge is -2.20. The summed E-state index contributed by atoms with van der Waals surface area (Å²) in [4.78, 5) is 30.0. The van der Waals surface area contributed by atoms with Crippen LogP contribution in [0.25, 0.3) is 16.9 Å². The molecule has 0 bridgehead atoms. The Labute approximate surface area is 186 Å². The molecule has 0 radical (unpaired) electrons. The molecule has 1 N–H and O–H groups in total. The van der Waals surface area contributed by atoms with E-state index >= 15 is 0 Å². The summed E-state index contributed by atoms with van der Waals surface area (Å²) in [6.45, 7) is 3.90. The number of hydrogen-bond donors (Lipinski definition) is 1. The van der Waals surface area contributed by atoms with E-state index in [-0.39, 0.29) is 36.0 Å². The molecule has 0 saturated carbocycles. The Kier molecular flexibility index (Phi) is 5.73. The molecule has 33 heavy (non-hydrogen) atoms. The average molecular weight is 462 g/mol. The van der Waals surface area contributed by atoms with Crippen molar-refractivity contribution in [2.24, 2.45) is 0 Å². The van der Waals surface area contributed by atoms with Crippen LogP contribution in [0, 0.1) is 0 Å². The van der Waals surface area contributed by atoms with Crippen molar-refractivity contribution in [2.45, 2.75) is 45.0 Å². The van der Waals surface area contributed by atoms with Crippen LogP contribution in [0.1, 0.15) is 42.7 Å². The number of aliphatic carboxylic acids is 1. The molecule has 1 aliphatic heterocycles. The highest BCUT2D eigenvalue weighted by molar-refractivity contribution is 6.01. The van der Waals surface area contributed by atoms with E-state index in [0.29, 0.717) is 22.2 Å². The van der Waals surface area contributed by atoms with Crippen LogP contribution in [-0.2, 0) is 11.0 Å². The van der Waals surface area contributed by atoms with Gasteiger partial charge in [-0.2, -0.15) is 18.3 Å². The number of ether oxygens (including phenoxy) is 1. The third-order valence-corrected chi connectivity index (χ3v) is 5.31. The number of amides is 1. The molecule has 1 aliphatic rings. The maximum absolute atomic E-state index is 13.8. The number of carboxylic acids is 1. The summed E-state index contributed by atoms with van der Waals surface area (Å²) in [5, 5.41) is 13.1. The van der Waals surface area contributed by atoms with Gasteiger partial charge >= 0.3 is 12.1 Å². The number of benzene rings is 1. The van der Waals surface area contributed by atoms with Gasteiger partial charge in [0, 0.05) is 12.1 Å². The number of carboxylic acid groups (broad SMARTS) is 1. The lowest BCUT2D eigenvalue weighted by atomic mass is 10.1. The smallest absolute Gasteiger partial charge is 0.433 e. The number of halogens is 3. The summed E-state index contributed by atoms with van der Waals surface area (Å²) < 4.78 is 47.6. The van der Waals surface area contributed by atoms with Gasteiger partial charge < -0.3 is 14.7 Å². The van der Waals surface area contributed by atoms with Crippen molar-refractivity contribution in [2.75, 3.05) is 6.54 Å². The Balaban J connectivity index is 1.81. The van der Waals surface area contributed by atoms with Crippen molar-refractivity contribution < 1.29 is 32.6 Å². The maximum atomic E-state index is 13.8. The van der Waals surface area contributed by atoms with Crippen LogP contribution in [-0.4, -0.2) is 55.2 Å². The minimum absolute atomic E-state index is 0.00308. The van der Waals surface area contributed by atoms with Crippen LogP contribution in [0.4, 0.5) is 13.2 Å². The summed E-state index contributed by atoms with van der Waals surface area (Å²) in [6, 6.07) is 6.23. The standard InChI is InChI=1S/C22H21F3N4O4/c1-12(2)33-14-7-5-13(6-8-14)16-10-18(22(23,24)25)29-19(27-16)15(11-26-29)20(30)28-9-3-4-17(28)21(31)32/h5-8,10-12,17H,3-4,9H2,1-2H3,(H,31,32)/t17-/m0/s1. The summed E-state index contributed by atoms with van der Waals surface area (Å²) >= 11 is 0. The molecule has 1 fully saturated rings. The molecule has 174 valence electrons. The maximum Gasteiger partial charge on any atom is 0.433 e. The van der Waals surface area contributed by atoms with Crippen molar-refractivity contribution >= 4 is 17.5 Å². The SMILES string of the molecule is CC(C)Oc1ccc(-c2cc(C(F)(F)F)n3ncc(C(=O)N4CCC[C@H]4C(=O)O)c3n2)cc1. The van der Waals surface area contributed by atoms with Gasteiger partial charge in [-0.1, -0.05) is 0 Å². The van der Waals surface area contributed by atoms with Crippen LogP contribution in [0.5, 0.6) is 5.75 Å². The molecule has 11 heteroatoms.